The van der Waals surface area contributed by atoms with Crippen molar-refractivity contribution >= 4 is 26.1 Å². The van der Waals surface area contributed by atoms with E-state index in [0.717, 1.165) is 4.31 Å². The average molecular weight is 245 g/mol. The summed E-state index contributed by atoms with van der Waals surface area (Å²) >= 11 is 3.23. The molecule has 1 atom stereocenters. The lowest BCUT2D eigenvalue weighted by Crippen LogP contribution is -2.38. The molecule has 1 unspecified atom stereocenters. The molecule has 0 aromatic heterocycles. The molecule has 0 saturated heterocycles. The molecular weight excluding hydrogens is 232 g/mol. The van der Waals surface area contributed by atoms with Crippen molar-refractivity contribution in [3.05, 3.63) is 0 Å². The molecule has 0 amide bonds. The van der Waals surface area contributed by atoms with Gasteiger partial charge in [-0.25, -0.2) is 4.72 Å². The van der Waals surface area contributed by atoms with Crippen LogP contribution in [0.4, 0.5) is 0 Å². The van der Waals surface area contributed by atoms with Crippen molar-refractivity contribution in [1.82, 2.24) is 9.03 Å². The smallest absolute Gasteiger partial charge is 0.201 e. The maximum atomic E-state index is 11.0. The number of halogens is 1. The molecule has 0 aliphatic heterocycles. The van der Waals surface area contributed by atoms with Gasteiger partial charge in [-0.05, 0) is 0 Å². The lowest BCUT2D eigenvalue weighted by molar-refractivity contribution is 0.506. The standard InChI is InChI=1S/C5H13BrN2O2S/c1-5(6)4-7-11(9,10)8(2)3/h5,7H,4H2,1-3H3. The van der Waals surface area contributed by atoms with Crippen LogP contribution in [0, 0.1) is 0 Å². The highest BCUT2D eigenvalue weighted by molar-refractivity contribution is 9.09. The third kappa shape index (κ3) is 4.73. The van der Waals surface area contributed by atoms with E-state index in [4.69, 9.17) is 0 Å². The summed E-state index contributed by atoms with van der Waals surface area (Å²) in [4.78, 5) is 0.150. The molecule has 68 valence electrons. The molecule has 0 aromatic carbocycles. The summed E-state index contributed by atoms with van der Waals surface area (Å²) in [7, 11) is -0.265. The fourth-order valence-electron chi connectivity index (χ4n) is 0.349. The van der Waals surface area contributed by atoms with E-state index in [-0.39, 0.29) is 4.83 Å². The number of nitrogens with one attached hydrogen (secondary N) is 1. The lowest BCUT2D eigenvalue weighted by atomic mass is 10.5. The first-order chi connectivity index (χ1) is 4.86. The van der Waals surface area contributed by atoms with E-state index in [1.807, 2.05) is 6.92 Å². The van der Waals surface area contributed by atoms with Gasteiger partial charge in [0.15, 0.2) is 0 Å². The van der Waals surface area contributed by atoms with Crippen LogP contribution in [0.1, 0.15) is 6.92 Å². The minimum absolute atomic E-state index is 0.150. The van der Waals surface area contributed by atoms with Crippen LogP contribution >= 0.6 is 15.9 Å². The first kappa shape index (κ1) is 11.4. The van der Waals surface area contributed by atoms with E-state index in [0.29, 0.717) is 6.54 Å². The van der Waals surface area contributed by atoms with E-state index in [1.54, 1.807) is 0 Å². The van der Waals surface area contributed by atoms with Gasteiger partial charge in [0.2, 0.25) is 0 Å². The van der Waals surface area contributed by atoms with E-state index >= 15 is 0 Å². The van der Waals surface area contributed by atoms with Crippen molar-refractivity contribution < 1.29 is 8.42 Å². The van der Waals surface area contributed by atoms with Crippen LogP contribution in [0.2, 0.25) is 0 Å². The Morgan fingerprint density at radius 3 is 2.27 bits per heavy atom. The normalized spacial score (nSPS) is 15.4. The quantitative estimate of drug-likeness (QED) is 0.717. The molecule has 0 aromatic rings. The Morgan fingerprint density at radius 2 is 2.00 bits per heavy atom. The van der Waals surface area contributed by atoms with Crippen LogP contribution in [-0.4, -0.2) is 38.2 Å². The van der Waals surface area contributed by atoms with Crippen molar-refractivity contribution in [3.8, 4) is 0 Å². The molecule has 0 spiro atoms. The Labute approximate surface area is 76.3 Å². The zero-order chi connectivity index (χ0) is 9.07. The third-order valence-electron chi connectivity index (χ3n) is 1.03. The highest BCUT2D eigenvalue weighted by atomic mass is 79.9. The molecule has 4 nitrogen and oxygen atoms in total. The number of hydrogen-bond acceptors (Lipinski definition) is 2. The van der Waals surface area contributed by atoms with Gasteiger partial charge in [-0.1, -0.05) is 22.9 Å². The summed E-state index contributed by atoms with van der Waals surface area (Å²) in [5.41, 5.74) is 0. The van der Waals surface area contributed by atoms with Crippen LogP contribution in [-0.2, 0) is 10.2 Å². The molecule has 0 radical (unpaired) electrons. The molecule has 6 heteroatoms. The Kier molecular flexibility index (Phi) is 4.53. The second-order valence-corrected chi connectivity index (χ2v) is 5.95. The van der Waals surface area contributed by atoms with E-state index in [9.17, 15) is 8.42 Å². The largest absolute Gasteiger partial charge is 0.278 e. The van der Waals surface area contributed by atoms with Crippen molar-refractivity contribution in [2.45, 2.75) is 11.8 Å². The van der Waals surface area contributed by atoms with Gasteiger partial charge in [0.05, 0.1) is 0 Å². The van der Waals surface area contributed by atoms with E-state index < -0.39 is 10.2 Å². The van der Waals surface area contributed by atoms with Crippen molar-refractivity contribution in [1.29, 1.82) is 0 Å². The van der Waals surface area contributed by atoms with Crippen LogP contribution in [0.15, 0.2) is 0 Å². The summed E-state index contributed by atoms with van der Waals surface area (Å²) in [6.45, 7) is 2.28. The molecule has 0 aliphatic carbocycles. The van der Waals surface area contributed by atoms with Gasteiger partial charge in [0.25, 0.3) is 10.2 Å². The van der Waals surface area contributed by atoms with Gasteiger partial charge in [-0.2, -0.15) is 12.7 Å². The Bertz CT molecular complexity index is 201. The van der Waals surface area contributed by atoms with Crippen molar-refractivity contribution in [3.63, 3.8) is 0 Å². The summed E-state index contributed by atoms with van der Waals surface area (Å²) in [5.74, 6) is 0. The van der Waals surface area contributed by atoms with Crippen LogP contribution < -0.4 is 4.72 Å². The summed E-state index contributed by atoms with van der Waals surface area (Å²) < 4.78 is 25.6. The zero-order valence-electron chi connectivity index (χ0n) is 6.83. The maximum Gasteiger partial charge on any atom is 0.278 e. The number of nitrogens with zero attached hydrogens (tertiary/aromatic N) is 1. The Balaban J connectivity index is 3.95. The fraction of sp³-hybridized carbons (Fsp3) is 1.00. The van der Waals surface area contributed by atoms with E-state index in [2.05, 4.69) is 20.7 Å². The van der Waals surface area contributed by atoms with Crippen LogP contribution in [0.25, 0.3) is 0 Å². The minimum atomic E-state index is -3.24. The summed E-state index contributed by atoms with van der Waals surface area (Å²) in [5, 5.41) is 0. The van der Waals surface area contributed by atoms with Gasteiger partial charge < -0.3 is 0 Å². The second kappa shape index (κ2) is 4.39. The van der Waals surface area contributed by atoms with Crippen molar-refractivity contribution in [2.24, 2.45) is 0 Å². The summed E-state index contributed by atoms with van der Waals surface area (Å²) in [6, 6.07) is 0. The average Bonchev–Trinajstić information content (AvgIpc) is 1.84. The number of rotatable bonds is 4. The number of alkyl halides is 1. The maximum absolute atomic E-state index is 11.0. The highest BCUT2D eigenvalue weighted by Crippen LogP contribution is 1.96. The molecular formula is C5H13BrN2O2S. The first-order valence-electron chi connectivity index (χ1n) is 3.17. The monoisotopic (exact) mass is 244 g/mol. The zero-order valence-corrected chi connectivity index (χ0v) is 9.24. The molecule has 0 saturated carbocycles. The molecule has 0 rings (SSSR count). The van der Waals surface area contributed by atoms with Gasteiger partial charge in [0, 0.05) is 25.5 Å². The highest BCUT2D eigenvalue weighted by Gasteiger charge is 2.12. The predicted octanol–water partition coefficient (Wildman–Crippen LogP) is 0.166. The predicted molar refractivity (Wildman–Crippen MR) is 49.0 cm³/mol. The lowest BCUT2D eigenvalue weighted by Gasteiger charge is -2.12. The van der Waals surface area contributed by atoms with Crippen molar-refractivity contribution in [2.75, 3.05) is 20.6 Å². The van der Waals surface area contributed by atoms with Gasteiger partial charge in [-0.3, -0.25) is 0 Å². The third-order valence-corrected chi connectivity index (χ3v) is 2.84. The molecule has 0 heterocycles. The van der Waals surface area contributed by atoms with Gasteiger partial charge in [-0.15, -0.1) is 0 Å². The SMILES string of the molecule is CC(Br)CNS(=O)(=O)N(C)C. The number of hydrogen-bond donors (Lipinski definition) is 1. The molecule has 0 bridgehead atoms. The molecule has 0 fully saturated rings. The summed E-state index contributed by atoms with van der Waals surface area (Å²) in [6.07, 6.45) is 0. The van der Waals surface area contributed by atoms with Gasteiger partial charge >= 0.3 is 0 Å². The molecule has 11 heavy (non-hydrogen) atoms. The topological polar surface area (TPSA) is 49.4 Å². The first-order valence-corrected chi connectivity index (χ1v) is 5.53. The van der Waals surface area contributed by atoms with Crippen LogP contribution in [0.5, 0.6) is 0 Å². The van der Waals surface area contributed by atoms with Gasteiger partial charge in [0.1, 0.15) is 0 Å². The fourth-order valence-corrected chi connectivity index (χ4v) is 1.44. The minimum Gasteiger partial charge on any atom is -0.201 e. The van der Waals surface area contributed by atoms with Crippen LogP contribution in [0.3, 0.4) is 0 Å². The second-order valence-electron chi connectivity index (χ2n) is 2.42. The Morgan fingerprint density at radius 1 is 1.55 bits per heavy atom. The molecule has 1 N–H and O–H groups in total. The van der Waals surface area contributed by atoms with E-state index in [1.165, 1.54) is 14.1 Å². The Hall–Kier alpha value is 0.350. The molecule has 0 aliphatic rings.